The number of nitrogen functional groups attached to an aromatic ring is 1. The molecule has 2 nitrogen and oxygen atoms in total. The predicted molar refractivity (Wildman–Crippen MR) is 40.6 cm³/mol. The Morgan fingerprint density at radius 1 is 1.54 bits per heavy atom. The summed E-state index contributed by atoms with van der Waals surface area (Å²) in [7, 11) is 0. The molecule has 0 unspecified atom stereocenters. The lowest BCUT2D eigenvalue weighted by Crippen LogP contribution is -2.08. The number of rotatable bonds is 0. The van der Waals surface area contributed by atoms with Gasteiger partial charge in [-0.25, -0.2) is 0 Å². The van der Waals surface area contributed by atoms with Crippen molar-refractivity contribution in [3.63, 3.8) is 0 Å². The summed E-state index contributed by atoms with van der Waals surface area (Å²) >= 11 is 0. The van der Waals surface area contributed by atoms with E-state index in [9.17, 15) is 13.2 Å². The number of nitrogens with two attached hydrogens (primary N) is 1. The Balaban J connectivity index is 3.65. The molecule has 0 aromatic heterocycles. The minimum absolute atomic E-state index is 0.454. The molecule has 0 radical (unpaired) electrons. The van der Waals surface area contributed by atoms with Crippen molar-refractivity contribution in [3.8, 4) is 6.07 Å². The van der Waals surface area contributed by atoms with Crippen molar-refractivity contribution in [2.24, 2.45) is 0 Å². The van der Waals surface area contributed by atoms with Crippen molar-refractivity contribution in [1.29, 1.82) is 5.26 Å². The highest BCUT2D eigenvalue weighted by Crippen LogP contribution is 2.32. The standard InChI is InChI=1S/C8H5F3N2/c9-8(10,11)7-3-6(13)2-1-5(7)4-12/h1-3H,13H2/i2D,3D. The fourth-order valence-electron chi connectivity index (χ4n) is 0.772. The van der Waals surface area contributed by atoms with Crippen LogP contribution < -0.4 is 5.73 Å². The number of anilines is 1. The van der Waals surface area contributed by atoms with Gasteiger partial charge in [-0.3, -0.25) is 0 Å². The molecule has 0 heterocycles. The Bertz CT molecular complexity index is 449. The molecule has 0 aliphatic heterocycles. The first kappa shape index (κ1) is 6.78. The van der Waals surface area contributed by atoms with Gasteiger partial charge < -0.3 is 5.73 Å². The summed E-state index contributed by atoms with van der Waals surface area (Å²) in [5.41, 5.74) is 2.39. The zero-order valence-corrected chi connectivity index (χ0v) is 6.24. The molecule has 68 valence electrons. The van der Waals surface area contributed by atoms with Crippen molar-refractivity contribution in [2.45, 2.75) is 6.18 Å². The van der Waals surface area contributed by atoms with Crippen LogP contribution in [0.5, 0.6) is 0 Å². The van der Waals surface area contributed by atoms with Crippen LogP contribution in [0.2, 0.25) is 0 Å². The molecule has 0 atom stereocenters. The maximum atomic E-state index is 12.4. The molecule has 0 fully saturated rings. The van der Waals surface area contributed by atoms with Crippen LogP contribution in [0.3, 0.4) is 0 Å². The number of hydrogen-bond donors (Lipinski definition) is 1. The number of hydrogen-bond acceptors (Lipinski definition) is 2. The fraction of sp³-hybridized carbons (Fsp3) is 0.125. The van der Waals surface area contributed by atoms with Crippen LogP contribution >= 0.6 is 0 Å². The van der Waals surface area contributed by atoms with Crippen molar-refractivity contribution in [3.05, 3.63) is 29.3 Å². The highest BCUT2D eigenvalue weighted by atomic mass is 19.4. The fourth-order valence-corrected chi connectivity index (χ4v) is 0.772. The molecule has 0 bridgehead atoms. The molecule has 0 aliphatic carbocycles. The second kappa shape index (κ2) is 2.98. The minimum Gasteiger partial charge on any atom is -0.399 e. The normalized spacial score (nSPS) is 13.1. The van der Waals surface area contributed by atoms with Crippen LogP contribution in [0, 0.1) is 11.3 Å². The molecule has 0 saturated carbocycles. The SMILES string of the molecule is [2H]c1cc(C#N)c(C(F)(F)F)c([2H])c1N. The monoisotopic (exact) mass is 188 g/mol. The lowest BCUT2D eigenvalue weighted by atomic mass is 10.1. The quantitative estimate of drug-likeness (QED) is 0.634. The highest BCUT2D eigenvalue weighted by molar-refractivity contribution is 5.50. The molecule has 0 saturated heterocycles. The van der Waals surface area contributed by atoms with Gasteiger partial charge in [-0.05, 0) is 18.2 Å². The summed E-state index contributed by atoms with van der Waals surface area (Å²) in [6.45, 7) is 0. The Morgan fingerprint density at radius 2 is 2.15 bits per heavy atom. The molecule has 2 N–H and O–H groups in total. The maximum Gasteiger partial charge on any atom is 0.417 e. The number of nitriles is 1. The highest BCUT2D eigenvalue weighted by Gasteiger charge is 2.33. The van der Waals surface area contributed by atoms with E-state index < -0.39 is 35.1 Å². The first-order valence-electron chi connectivity index (χ1n) is 4.16. The van der Waals surface area contributed by atoms with Crippen molar-refractivity contribution in [2.75, 3.05) is 5.73 Å². The van der Waals surface area contributed by atoms with E-state index in [2.05, 4.69) is 0 Å². The van der Waals surface area contributed by atoms with E-state index in [-0.39, 0.29) is 0 Å². The third kappa shape index (κ3) is 1.90. The Labute approximate surface area is 75.2 Å². The average Bonchev–Trinajstić information content (AvgIpc) is 2.11. The smallest absolute Gasteiger partial charge is 0.399 e. The summed E-state index contributed by atoms with van der Waals surface area (Å²) in [5.74, 6) is 0. The van der Waals surface area contributed by atoms with Gasteiger partial charge in [0.15, 0.2) is 0 Å². The first-order chi connectivity index (χ1) is 6.79. The molecule has 1 aromatic rings. The summed E-state index contributed by atoms with van der Waals surface area (Å²) in [6.07, 6.45) is -4.82. The van der Waals surface area contributed by atoms with E-state index in [1.165, 1.54) is 6.07 Å². The molecule has 1 aromatic carbocycles. The van der Waals surface area contributed by atoms with Gasteiger partial charge in [-0.15, -0.1) is 0 Å². The summed E-state index contributed by atoms with van der Waals surface area (Å²) in [5, 5.41) is 8.46. The zero-order valence-electron chi connectivity index (χ0n) is 8.24. The van der Waals surface area contributed by atoms with Crippen LogP contribution in [0.4, 0.5) is 18.9 Å². The predicted octanol–water partition coefficient (Wildman–Crippen LogP) is 2.16. The van der Waals surface area contributed by atoms with Gasteiger partial charge in [0.25, 0.3) is 0 Å². The molecule has 0 spiro atoms. The average molecular weight is 188 g/mol. The number of nitrogens with zero attached hydrogens (tertiary/aromatic N) is 1. The summed E-state index contributed by atoms with van der Waals surface area (Å²) in [6, 6.07) is 0.524. The van der Waals surface area contributed by atoms with Crippen LogP contribution in [-0.2, 0) is 6.18 Å². The summed E-state index contributed by atoms with van der Waals surface area (Å²) < 4.78 is 51.5. The van der Waals surface area contributed by atoms with Crippen molar-refractivity contribution < 1.29 is 15.9 Å². The zero-order chi connectivity index (χ0) is 11.8. The van der Waals surface area contributed by atoms with Gasteiger partial charge in [0.1, 0.15) is 0 Å². The molecule has 13 heavy (non-hydrogen) atoms. The lowest BCUT2D eigenvalue weighted by Gasteiger charge is -2.08. The van der Waals surface area contributed by atoms with E-state index in [4.69, 9.17) is 13.7 Å². The first-order valence-corrected chi connectivity index (χ1v) is 3.16. The van der Waals surface area contributed by atoms with Gasteiger partial charge in [0.2, 0.25) is 0 Å². The van der Waals surface area contributed by atoms with Crippen molar-refractivity contribution >= 4 is 5.69 Å². The largest absolute Gasteiger partial charge is 0.417 e. The van der Waals surface area contributed by atoms with Gasteiger partial charge >= 0.3 is 6.18 Å². The number of alkyl halides is 3. The minimum atomic E-state index is -4.82. The lowest BCUT2D eigenvalue weighted by molar-refractivity contribution is -0.137. The van der Waals surface area contributed by atoms with E-state index in [1.54, 1.807) is 0 Å². The van der Waals surface area contributed by atoms with E-state index in [0.29, 0.717) is 6.07 Å². The van der Waals surface area contributed by atoms with E-state index in [1.807, 2.05) is 0 Å². The van der Waals surface area contributed by atoms with E-state index >= 15 is 0 Å². The molecule has 1 rings (SSSR count). The van der Waals surface area contributed by atoms with Gasteiger partial charge in [-0.1, -0.05) is 0 Å². The van der Waals surface area contributed by atoms with Crippen molar-refractivity contribution in [1.82, 2.24) is 0 Å². The topological polar surface area (TPSA) is 49.8 Å². The Hall–Kier alpha value is -1.70. The Morgan fingerprint density at radius 3 is 2.62 bits per heavy atom. The molecule has 0 amide bonds. The molecular weight excluding hydrogens is 181 g/mol. The number of benzene rings is 1. The van der Waals surface area contributed by atoms with Crippen LogP contribution in [0.15, 0.2) is 18.2 Å². The Kier molecular flexibility index (Phi) is 1.55. The van der Waals surface area contributed by atoms with Crippen LogP contribution in [-0.4, -0.2) is 0 Å². The second-order valence-electron chi connectivity index (χ2n) is 2.23. The van der Waals surface area contributed by atoms with Crippen LogP contribution in [0.25, 0.3) is 0 Å². The van der Waals surface area contributed by atoms with Crippen LogP contribution in [0.1, 0.15) is 13.9 Å². The third-order valence-electron chi connectivity index (χ3n) is 1.30. The maximum absolute atomic E-state index is 12.4. The second-order valence-corrected chi connectivity index (χ2v) is 2.23. The molecule has 5 heteroatoms. The van der Waals surface area contributed by atoms with Gasteiger partial charge in [0, 0.05) is 5.69 Å². The molecule has 0 aliphatic rings. The third-order valence-corrected chi connectivity index (χ3v) is 1.30. The number of halogens is 3. The van der Waals surface area contributed by atoms with E-state index in [0.717, 1.165) is 0 Å². The van der Waals surface area contributed by atoms with Gasteiger partial charge in [-0.2, -0.15) is 18.4 Å². The molecular formula is C8H5F3N2. The summed E-state index contributed by atoms with van der Waals surface area (Å²) in [4.78, 5) is 0. The van der Waals surface area contributed by atoms with Gasteiger partial charge in [0.05, 0.1) is 19.9 Å².